The van der Waals surface area contributed by atoms with Crippen LogP contribution in [0.4, 0.5) is 0 Å². The summed E-state index contributed by atoms with van der Waals surface area (Å²) in [4.78, 5) is 11.3. The molecule has 0 bridgehead atoms. The van der Waals surface area contributed by atoms with Gasteiger partial charge in [0, 0.05) is 0 Å². The summed E-state index contributed by atoms with van der Waals surface area (Å²) in [5.41, 5.74) is 1.26. The van der Waals surface area contributed by atoms with Crippen LogP contribution in [0.1, 0.15) is 23.7 Å². The Morgan fingerprint density at radius 3 is 2.64 bits per heavy atom. The molecule has 2 heterocycles. The average Bonchev–Trinajstić information content (AvgIpc) is 3.33. The highest BCUT2D eigenvalue weighted by molar-refractivity contribution is 7.91. The van der Waals surface area contributed by atoms with Crippen LogP contribution in [-0.4, -0.2) is 39.6 Å². The summed E-state index contributed by atoms with van der Waals surface area (Å²) in [5.74, 6) is -0.896. The molecule has 0 radical (unpaired) electrons. The highest BCUT2D eigenvalue weighted by Gasteiger charge is 2.22. The molecule has 3 aromatic rings. The lowest BCUT2D eigenvalue weighted by molar-refractivity contribution is -0.138. The van der Waals surface area contributed by atoms with Gasteiger partial charge in [-0.3, -0.25) is 4.79 Å². The Kier molecular flexibility index (Phi) is 6.07. The summed E-state index contributed by atoms with van der Waals surface area (Å²) in [6.45, 7) is -0.0705. The molecule has 0 aliphatic heterocycles. The Morgan fingerprint density at radius 2 is 2.00 bits per heavy atom. The largest absolute Gasteiger partial charge is 0.508 e. The van der Waals surface area contributed by atoms with Gasteiger partial charge in [0.15, 0.2) is 0 Å². The molecule has 28 heavy (non-hydrogen) atoms. The number of aromatic nitrogens is 3. The predicted octanol–water partition coefficient (Wildman–Crippen LogP) is 1.78. The maximum atomic E-state index is 12.3. The molecule has 0 saturated heterocycles. The molecule has 148 valence electrons. The zero-order chi connectivity index (χ0) is 20.1. The second-order valence-corrected chi connectivity index (χ2v) is 8.99. The van der Waals surface area contributed by atoms with Crippen molar-refractivity contribution in [2.45, 2.75) is 29.6 Å². The van der Waals surface area contributed by atoms with E-state index in [-0.39, 0.29) is 22.9 Å². The van der Waals surface area contributed by atoms with Gasteiger partial charge in [0.1, 0.15) is 9.96 Å². The van der Waals surface area contributed by atoms with Gasteiger partial charge in [0.2, 0.25) is 10.0 Å². The fourth-order valence-electron chi connectivity index (χ4n) is 2.71. The number of nitrogens with one attached hydrogen (secondary N) is 1. The van der Waals surface area contributed by atoms with Gasteiger partial charge in [0.25, 0.3) is 0 Å². The van der Waals surface area contributed by atoms with Crippen molar-refractivity contribution < 1.29 is 23.4 Å². The summed E-state index contributed by atoms with van der Waals surface area (Å²) in [6.07, 6.45) is 1.53. The fraction of sp³-hybridized carbons (Fsp3) is 0.235. The van der Waals surface area contributed by atoms with E-state index in [1.807, 2.05) is 0 Å². The summed E-state index contributed by atoms with van der Waals surface area (Å²) >= 11 is 1.10. The number of hydrogen-bond donors (Lipinski definition) is 3. The lowest BCUT2D eigenvalue weighted by atomic mass is 10.0. The Bertz CT molecular complexity index is 1030. The number of aromatic hydroxyl groups is 1. The molecule has 0 aliphatic rings. The van der Waals surface area contributed by atoms with Gasteiger partial charge in [-0.05, 0) is 35.6 Å². The molecule has 2 aromatic heterocycles. The van der Waals surface area contributed by atoms with Crippen LogP contribution < -0.4 is 4.72 Å². The summed E-state index contributed by atoms with van der Waals surface area (Å²) < 4.78 is 28.7. The quantitative estimate of drug-likeness (QED) is 0.478. The molecule has 1 aromatic carbocycles. The molecule has 0 saturated carbocycles. The number of carboxylic acids is 1. The minimum atomic E-state index is -3.67. The normalized spacial score (nSPS) is 12.7. The van der Waals surface area contributed by atoms with Crippen LogP contribution in [-0.2, 0) is 27.8 Å². The number of nitrogens with zero attached hydrogens (tertiary/aromatic N) is 3. The van der Waals surface area contributed by atoms with Gasteiger partial charge in [0.05, 0.1) is 30.9 Å². The van der Waals surface area contributed by atoms with E-state index in [1.54, 1.807) is 23.6 Å². The van der Waals surface area contributed by atoms with Crippen molar-refractivity contribution in [1.29, 1.82) is 0 Å². The van der Waals surface area contributed by atoms with Gasteiger partial charge in [-0.2, -0.15) is 0 Å². The van der Waals surface area contributed by atoms with Crippen LogP contribution in [0.2, 0.25) is 0 Å². The van der Waals surface area contributed by atoms with Gasteiger partial charge < -0.3 is 10.2 Å². The molecule has 0 spiro atoms. The number of phenols is 1. The molecular formula is C17H18N4O5S2. The van der Waals surface area contributed by atoms with Crippen molar-refractivity contribution >= 4 is 27.3 Å². The topological polar surface area (TPSA) is 134 Å². The summed E-state index contributed by atoms with van der Waals surface area (Å²) in [7, 11) is -3.67. The third-order valence-corrected chi connectivity index (χ3v) is 6.81. The van der Waals surface area contributed by atoms with Crippen molar-refractivity contribution in [3.8, 4) is 5.75 Å². The van der Waals surface area contributed by atoms with Gasteiger partial charge in [-0.25, -0.2) is 17.8 Å². The Balaban J connectivity index is 1.79. The van der Waals surface area contributed by atoms with E-state index in [2.05, 4.69) is 15.0 Å². The number of hydrogen-bond acceptors (Lipinski definition) is 7. The molecule has 1 unspecified atom stereocenters. The molecule has 0 amide bonds. The molecule has 3 N–H and O–H groups in total. The number of carbonyl (C=O) groups is 1. The number of aliphatic carboxylic acids is 1. The summed E-state index contributed by atoms with van der Waals surface area (Å²) in [6, 6.07) is 9.01. The number of carboxylic acid groups (broad SMARTS) is 1. The lowest BCUT2D eigenvalue weighted by Crippen LogP contribution is -2.26. The third-order valence-electron chi connectivity index (χ3n) is 4.02. The Morgan fingerprint density at radius 1 is 1.25 bits per heavy atom. The van der Waals surface area contributed by atoms with E-state index >= 15 is 0 Å². The SMILES string of the molecule is O=C(O)CC(Cc1ccc(O)cc1)n1nncc1CNS(=O)(=O)c1cccs1. The average molecular weight is 422 g/mol. The number of benzene rings is 1. The molecule has 1 atom stereocenters. The van der Waals surface area contributed by atoms with Crippen molar-refractivity contribution in [1.82, 2.24) is 19.7 Å². The maximum absolute atomic E-state index is 12.3. The van der Waals surface area contributed by atoms with Gasteiger partial charge in [-0.1, -0.05) is 23.4 Å². The first-order valence-electron chi connectivity index (χ1n) is 8.27. The van der Waals surface area contributed by atoms with Crippen LogP contribution in [0.5, 0.6) is 5.75 Å². The van der Waals surface area contributed by atoms with E-state index in [1.165, 1.54) is 29.1 Å². The third kappa shape index (κ3) is 4.94. The van der Waals surface area contributed by atoms with Crippen molar-refractivity contribution in [3.05, 3.63) is 59.2 Å². The maximum Gasteiger partial charge on any atom is 0.305 e. The number of rotatable bonds is 9. The number of sulfonamides is 1. The highest BCUT2D eigenvalue weighted by atomic mass is 32.2. The Hall–Kier alpha value is -2.76. The van der Waals surface area contributed by atoms with Crippen molar-refractivity contribution in [2.24, 2.45) is 0 Å². The molecule has 11 heteroatoms. The zero-order valence-electron chi connectivity index (χ0n) is 14.6. The monoisotopic (exact) mass is 422 g/mol. The minimum absolute atomic E-state index is 0.0705. The minimum Gasteiger partial charge on any atom is -0.508 e. The Labute approximate surface area is 165 Å². The fourth-order valence-corrected chi connectivity index (χ4v) is 4.74. The number of thiophene rings is 1. The van der Waals surface area contributed by atoms with E-state index in [4.69, 9.17) is 0 Å². The van der Waals surface area contributed by atoms with Crippen molar-refractivity contribution in [3.63, 3.8) is 0 Å². The highest BCUT2D eigenvalue weighted by Crippen LogP contribution is 2.21. The molecule has 0 fully saturated rings. The predicted molar refractivity (Wildman–Crippen MR) is 101 cm³/mol. The molecular weight excluding hydrogens is 404 g/mol. The van der Waals surface area contributed by atoms with E-state index in [9.17, 15) is 23.4 Å². The standard InChI is InChI=1S/C17H18N4O5S2/c22-15-5-3-12(4-6-15)8-13(9-16(23)24)21-14(10-18-20-21)11-19-28(25,26)17-2-1-7-27-17/h1-7,10,13,19,22H,8-9,11H2,(H,23,24). The smallest absolute Gasteiger partial charge is 0.305 e. The van der Waals surface area contributed by atoms with Crippen LogP contribution in [0.15, 0.2) is 52.2 Å². The second-order valence-electron chi connectivity index (χ2n) is 6.05. The van der Waals surface area contributed by atoms with E-state index in [0.717, 1.165) is 16.9 Å². The van der Waals surface area contributed by atoms with Crippen molar-refractivity contribution in [2.75, 3.05) is 0 Å². The van der Waals surface area contributed by atoms with Crippen LogP contribution in [0, 0.1) is 0 Å². The first kappa shape index (κ1) is 20.0. The molecule has 9 nitrogen and oxygen atoms in total. The second kappa shape index (κ2) is 8.50. The molecule has 3 rings (SSSR count). The zero-order valence-corrected chi connectivity index (χ0v) is 16.2. The van der Waals surface area contributed by atoms with Gasteiger partial charge >= 0.3 is 5.97 Å². The first-order chi connectivity index (χ1) is 13.3. The van der Waals surface area contributed by atoms with Crippen LogP contribution in [0.25, 0.3) is 0 Å². The van der Waals surface area contributed by atoms with E-state index in [0.29, 0.717) is 12.1 Å². The molecule has 0 aliphatic carbocycles. The van der Waals surface area contributed by atoms with Gasteiger partial charge in [-0.15, -0.1) is 16.4 Å². The lowest BCUT2D eigenvalue weighted by Gasteiger charge is -2.18. The van der Waals surface area contributed by atoms with Crippen LogP contribution in [0.3, 0.4) is 0 Å². The summed E-state index contributed by atoms with van der Waals surface area (Å²) in [5, 5.41) is 28.1. The van der Waals surface area contributed by atoms with Crippen LogP contribution >= 0.6 is 11.3 Å². The van der Waals surface area contributed by atoms with E-state index < -0.39 is 22.0 Å². The number of phenolic OH excluding ortho intramolecular Hbond substituents is 1. The first-order valence-corrected chi connectivity index (χ1v) is 10.6.